The van der Waals surface area contributed by atoms with Crippen LogP contribution in [0.4, 0.5) is 4.39 Å². The van der Waals surface area contributed by atoms with Crippen LogP contribution in [0.2, 0.25) is 10.0 Å². The summed E-state index contributed by atoms with van der Waals surface area (Å²) in [6.45, 7) is 3.61. The van der Waals surface area contributed by atoms with Crippen molar-refractivity contribution in [3.05, 3.63) is 28.2 Å². The number of halogens is 3. The van der Waals surface area contributed by atoms with Gasteiger partial charge >= 0.3 is 11.9 Å². The molecule has 172 valence electrons. The Kier molecular flexibility index (Phi) is 9.80. The average Bonchev–Trinajstić information content (AvgIpc) is 2.68. The van der Waals surface area contributed by atoms with Gasteiger partial charge in [0.15, 0.2) is 12.4 Å². The SMILES string of the molecule is CN=NN(C(C)F)[C@@H]1C[C@@H](Sc2ccc(Cl)c(Cl)c2)O[C@H](COC(C)=O)[C@@H]1OC(C)=O. The number of alkyl halides is 1. The number of nitrogens with zero attached hydrogens (tertiary/aromatic N) is 3. The van der Waals surface area contributed by atoms with Crippen LogP contribution in [-0.4, -0.2) is 60.6 Å². The fourth-order valence-electron chi connectivity index (χ4n) is 3.13. The monoisotopic (exact) mass is 495 g/mol. The number of hydrogen-bond donors (Lipinski definition) is 0. The Balaban J connectivity index is 2.36. The fourth-order valence-corrected chi connectivity index (χ4v) is 4.62. The largest absolute Gasteiger partial charge is 0.463 e. The summed E-state index contributed by atoms with van der Waals surface area (Å²) in [7, 11) is 1.41. The fraction of sp³-hybridized carbons (Fsp3) is 0.579. The number of carbonyl (C=O) groups is 2. The maximum Gasteiger partial charge on any atom is 0.303 e. The van der Waals surface area contributed by atoms with Crippen LogP contribution in [0.1, 0.15) is 27.2 Å². The Morgan fingerprint density at radius 3 is 2.58 bits per heavy atom. The molecule has 2 rings (SSSR count). The van der Waals surface area contributed by atoms with Crippen molar-refractivity contribution in [1.29, 1.82) is 0 Å². The minimum atomic E-state index is -1.52. The van der Waals surface area contributed by atoms with E-state index in [9.17, 15) is 14.0 Å². The summed E-state index contributed by atoms with van der Waals surface area (Å²) in [5.41, 5.74) is -0.511. The van der Waals surface area contributed by atoms with Gasteiger partial charge in [-0.05, 0) is 25.1 Å². The van der Waals surface area contributed by atoms with Crippen LogP contribution in [-0.2, 0) is 23.8 Å². The van der Waals surface area contributed by atoms with Crippen LogP contribution >= 0.6 is 35.0 Å². The van der Waals surface area contributed by atoms with Gasteiger partial charge in [0.2, 0.25) is 0 Å². The minimum Gasteiger partial charge on any atom is -0.463 e. The third-order valence-corrected chi connectivity index (χ3v) is 6.15. The molecule has 0 saturated carbocycles. The molecular weight excluding hydrogens is 472 g/mol. The molecule has 1 unspecified atom stereocenters. The second kappa shape index (κ2) is 11.8. The summed E-state index contributed by atoms with van der Waals surface area (Å²) in [5, 5.41) is 9.48. The number of thioether (sulfide) groups is 1. The van der Waals surface area contributed by atoms with Gasteiger partial charge in [0, 0.05) is 25.2 Å². The number of ether oxygens (including phenoxy) is 3. The molecular formula is C19H24Cl2FN3O5S. The Labute approximate surface area is 194 Å². The molecule has 1 aliphatic rings. The standard InChI is InChI=1S/C19H24Cl2FN3O5S/c1-10(22)25(24-23-4)16-8-18(31-13-5-6-14(20)15(21)7-13)30-17(9-28-11(2)26)19(16)29-12(3)27/h5-7,10,16-19H,8-9H2,1-4H3/t10?,16-,17-,18-,19-/m1/s1. The molecule has 0 radical (unpaired) electrons. The van der Waals surface area contributed by atoms with Gasteiger partial charge in [0.05, 0.1) is 23.1 Å². The summed E-state index contributed by atoms with van der Waals surface area (Å²) in [6.07, 6.45) is -3.06. The highest BCUT2D eigenvalue weighted by Crippen LogP contribution is 2.38. The zero-order valence-corrected chi connectivity index (χ0v) is 19.8. The molecule has 5 atom stereocenters. The number of benzene rings is 1. The molecule has 12 heteroatoms. The van der Waals surface area contributed by atoms with E-state index in [-0.39, 0.29) is 13.0 Å². The Morgan fingerprint density at radius 1 is 1.32 bits per heavy atom. The molecule has 1 aromatic carbocycles. The predicted octanol–water partition coefficient (Wildman–Crippen LogP) is 4.68. The highest BCUT2D eigenvalue weighted by Gasteiger charge is 2.46. The molecule has 1 heterocycles. The first-order valence-electron chi connectivity index (χ1n) is 9.42. The number of carbonyl (C=O) groups excluding carboxylic acids is 2. The first-order chi connectivity index (χ1) is 14.6. The van der Waals surface area contributed by atoms with Gasteiger partial charge < -0.3 is 14.2 Å². The summed E-state index contributed by atoms with van der Waals surface area (Å²) in [5.74, 6) is -1.10. The lowest BCUT2D eigenvalue weighted by atomic mass is 9.98. The van der Waals surface area contributed by atoms with Gasteiger partial charge in [-0.15, -0.1) is 0 Å². The summed E-state index contributed by atoms with van der Waals surface area (Å²) < 4.78 is 31.0. The molecule has 1 saturated heterocycles. The summed E-state index contributed by atoms with van der Waals surface area (Å²) in [6, 6.07) is 4.40. The lowest BCUT2D eigenvalue weighted by Gasteiger charge is -2.44. The van der Waals surface area contributed by atoms with E-state index < -0.39 is 41.9 Å². The lowest BCUT2D eigenvalue weighted by molar-refractivity contribution is -0.192. The quantitative estimate of drug-likeness (QED) is 0.224. The molecule has 0 bridgehead atoms. The van der Waals surface area contributed by atoms with Crippen molar-refractivity contribution >= 4 is 46.9 Å². The van der Waals surface area contributed by atoms with Gasteiger partial charge in [0.1, 0.15) is 18.1 Å². The smallest absolute Gasteiger partial charge is 0.303 e. The van der Waals surface area contributed by atoms with Crippen molar-refractivity contribution in [1.82, 2.24) is 5.01 Å². The van der Waals surface area contributed by atoms with Crippen LogP contribution < -0.4 is 0 Å². The summed E-state index contributed by atoms with van der Waals surface area (Å²) in [4.78, 5) is 23.9. The van der Waals surface area contributed by atoms with Crippen molar-refractivity contribution in [3.63, 3.8) is 0 Å². The molecule has 0 amide bonds. The first-order valence-corrected chi connectivity index (χ1v) is 11.1. The average molecular weight is 496 g/mol. The van der Waals surface area contributed by atoms with E-state index >= 15 is 0 Å². The van der Waals surface area contributed by atoms with Crippen LogP contribution in [0.25, 0.3) is 0 Å². The minimum absolute atomic E-state index is 0.181. The van der Waals surface area contributed by atoms with E-state index in [4.69, 9.17) is 37.4 Å². The Bertz CT molecular complexity index is 817. The molecule has 1 aromatic rings. The molecule has 8 nitrogen and oxygen atoms in total. The zero-order chi connectivity index (χ0) is 23.1. The second-order valence-corrected chi connectivity index (χ2v) is 8.77. The van der Waals surface area contributed by atoms with Gasteiger partial charge in [0.25, 0.3) is 0 Å². The van der Waals surface area contributed by atoms with Crippen molar-refractivity contribution in [2.24, 2.45) is 10.3 Å². The second-order valence-electron chi connectivity index (χ2n) is 6.72. The molecule has 0 N–H and O–H groups in total. The van der Waals surface area contributed by atoms with E-state index in [1.54, 1.807) is 18.2 Å². The van der Waals surface area contributed by atoms with Crippen LogP contribution in [0.5, 0.6) is 0 Å². The van der Waals surface area contributed by atoms with E-state index in [1.807, 2.05) is 0 Å². The third-order valence-electron chi connectivity index (χ3n) is 4.31. The van der Waals surface area contributed by atoms with Crippen LogP contribution in [0.15, 0.2) is 33.4 Å². The first kappa shape index (κ1) is 25.6. The summed E-state index contributed by atoms with van der Waals surface area (Å²) >= 11 is 13.4. The Morgan fingerprint density at radius 2 is 2.03 bits per heavy atom. The molecule has 0 aliphatic carbocycles. The normalized spacial score (nSPS) is 24.6. The van der Waals surface area contributed by atoms with E-state index in [1.165, 1.54) is 39.6 Å². The molecule has 1 fully saturated rings. The highest BCUT2D eigenvalue weighted by atomic mass is 35.5. The molecule has 31 heavy (non-hydrogen) atoms. The zero-order valence-electron chi connectivity index (χ0n) is 17.5. The predicted molar refractivity (Wildman–Crippen MR) is 115 cm³/mol. The lowest BCUT2D eigenvalue weighted by Crippen LogP contribution is -2.57. The number of hydrogen-bond acceptors (Lipinski definition) is 8. The maximum atomic E-state index is 14.4. The van der Waals surface area contributed by atoms with Crippen LogP contribution in [0, 0.1) is 0 Å². The van der Waals surface area contributed by atoms with Crippen molar-refractivity contribution < 1.29 is 28.2 Å². The van der Waals surface area contributed by atoms with Gasteiger partial charge in [-0.2, -0.15) is 5.11 Å². The Hall–Kier alpha value is -1.62. The third kappa shape index (κ3) is 7.48. The molecule has 0 spiro atoms. The molecule has 0 aromatic heterocycles. The van der Waals surface area contributed by atoms with Crippen LogP contribution in [0.3, 0.4) is 0 Å². The van der Waals surface area contributed by atoms with Gasteiger partial charge in [-0.1, -0.05) is 40.2 Å². The van der Waals surface area contributed by atoms with E-state index in [2.05, 4.69) is 10.3 Å². The van der Waals surface area contributed by atoms with Crippen molar-refractivity contribution in [3.8, 4) is 0 Å². The maximum absolute atomic E-state index is 14.4. The van der Waals surface area contributed by atoms with Gasteiger partial charge in [-0.3, -0.25) is 9.59 Å². The molecule has 1 aliphatic heterocycles. The number of rotatable bonds is 8. The van der Waals surface area contributed by atoms with E-state index in [0.29, 0.717) is 10.0 Å². The van der Waals surface area contributed by atoms with Crippen molar-refractivity contribution in [2.45, 2.75) is 62.1 Å². The van der Waals surface area contributed by atoms with Crippen molar-refractivity contribution in [2.75, 3.05) is 13.7 Å². The topological polar surface area (TPSA) is 89.8 Å². The number of esters is 2. The van der Waals surface area contributed by atoms with Gasteiger partial charge in [-0.25, -0.2) is 9.40 Å². The highest BCUT2D eigenvalue weighted by molar-refractivity contribution is 7.99. The van der Waals surface area contributed by atoms with E-state index in [0.717, 1.165) is 9.90 Å².